The molecule has 1 amide bonds. The third kappa shape index (κ3) is 5.78. The number of hydrogen-bond acceptors (Lipinski definition) is 9. The average molecular weight is 347 g/mol. The number of ether oxygens (including phenoxy) is 4. The maximum absolute atomic E-state index is 11.4. The molecule has 1 fully saturated rings. The number of rotatable bonds is 5. The molecule has 0 aliphatic carbocycles. The van der Waals surface area contributed by atoms with E-state index in [0.29, 0.717) is 0 Å². The van der Waals surface area contributed by atoms with Gasteiger partial charge >= 0.3 is 17.9 Å². The average Bonchev–Trinajstić information content (AvgIpc) is 2.42. The van der Waals surface area contributed by atoms with Crippen LogP contribution in [0.4, 0.5) is 0 Å². The number of amides is 1. The number of esters is 3. The molecule has 5 atom stereocenters. The topological polar surface area (TPSA) is 137 Å². The molecule has 0 aromatic carbocycles. The van der Waals surface area contributed by atoms with Crippen LogP contribution in [-0.4, -0.2) is 66.2 Å². The van der Waals surface area contributed by atoms with Crippen molar-refractivity contribution in [2.45, 2.75) is 58.3 Å². The maximum Gasteiger partial charge on any atom is 0.303 e. The van der Waals surface area contributed by atoms with Crippen LogP contribution in [0.3, 0.4) is 0 Å². The molecule has 24 heavy (non-hydrogen) atoms. The Morgan fingerprint density at radius 2 is 1.50 bits per heavy atom. The molecule has 1 unspecified atom stereocenters. The monoisotopic (exact) mass is 347 g/mol. The number of carbonyl (C=O) groups excluding carboxylic acids is 4. The summed E-state index contributed by atoms with van der Waals surface area (Å²) < 4.78 is 20.3. The van der Waals surface area contributed by atoms with Gasteiger partial charge in [0.05, 0.1) is 0 Å². The van der Waals surface area contributed by atoms with E-state index in [-0.39, 0.29) is 6.61 Å². The summed E-state index contributed by atoms with van der Waals surface area (Å²) in [5.41, 5.74) is 0. The third-order valence-corrected chi connectivity index (χ3v) is 3.09. The minimum Gasteiger partial charge on any atom is -0.463 e. The van der Waals surface area contributed by atoms with Gasteiger partial charge < -0.3 is 29.4 Å². The molecule has 2 N–H and O–H groups in total. The molecule has 1 aliphatic heterocycles. The first-order chi connectivity index (χ1) is 11.1. The molecule has 10 nitrogen and oxygen atoms in total. The molecule has 1 aliphatic rings. The van der Waals surface area contributed by atoms with Gasteiger partial charge in [0, 0.05) is 27.7 Å². The zero-order chi connectivity index (χ0) is 18.4. The van der Waals surface area contributed by atoms with Crippen LogP contribution in [0.5, 0.6) is 0 Å². The van der Waals surface area contributed by atoms with Crippen molar-refractivity contribution in [1.29, 1.82) is 0 Å². The second-order valence-electron chi connectivity index (χ2n) is 5.24. The zero-order valence-electron chi connectivity index (χ0n) is 13.8. The molecule has 0 radical (unpaired) electrons. The Morgan fingerprint density at radius 1 is 0.958 bits per heavy atom. The predicted octanol–water partition coefficient (Wildman–Crippen LogP) is -1.37. The van der Waals surface area contributed by atoms with E-state index >= 15 is 0 Å². The van der Waals surface area contributed by atoms with Gasteiger partial charge in [0.15, 0.2) is 18.5 Å². The number of aliphatic hydroxyl groups excluding tert-OH is 1. The second kappa shape index (κ2) is 8.60. The maximum atomic E-state index is 11.4. The lowest BCUT2D eigenvalue weighted by Crippen LogP contribution is -2.66. The molecule has 0 bridgehead atoms. The van der Waals surface area contributed by atoms with E-state index < -0.39 is 54.5 Å². The highest BCUT2D eigenvalue weighted by molar-refractivity contribution is 5.73. The van der Waals surface area contributed by atoms with E-state index in [1.54, 1.807) is 0 Å². The lowest BCUT2D eigenvalue weighted by molar-refractivity contribution is -0.264. The normalized spacial score (nSPS) is 29.3. The zero-order valence-corrected chi connectivity index (χ0v) is 13.8. The summed E-state index contributed by atoms with van der Waals surface area (Å²) in [5.74, 6) is -2.54. The Labute approximate surface area is 138 Å². The van der Waals surface area contributed by atoms with Crippen molar-refractivity contribution in [1.82, 2.24) is 5.32 Å². The number of hydrogen-bond donors (Lipinski definition) is 2. The molecule has 1 rings (SSSR count). The highest BCUT2D eigenvalue weighted by atomic mass is 16.7. The molecule has 1 heterocycles. The van der Waals surface area contributed by atoms with Gasteiger partial charge in [-0.25, -0.2) is 0 Å². The molecule has 1 saturated heterocycles. The van der Waals surface area contributed by atoms with Crippen molar-refractivity contribution < 1.29 is 43.2 Å². The summed E-state index contributed by atoms with van der Waals surface area (Å²) >= 11 is 0. The van der Waals surface area contributed by atoms with Crippen LogP contribution < -0.4 is 5.32 Å². The quantitative estimate of drug-likeness (QED) is 0.456. The Bertz CT molecular complexity index is 506. The molecule has 0 saturated carbocycles. The van der Waals surface area contributed by atoms with Gasteiger partial charge in [-0.3, -0.25) is 19.2 Å². The Kier molecular flexibility index (Phi) is 7.11. The smallest absolute Gasteiger partial charge is 0.303 e. The van der Waals surface area contributed by atoms with Crippen LogP contribution in [0.1, 0.15) is 27.7 Å². The van der Waals surface area contributed by atoms with Crippen molar-refractivity contribution in [3.63, 3.8) is 0 Å². The lowest BCUT2D eigenvalue weighted by Gasteiger charge is -2.43. The fourth-order valence-corrected chi connectivity index (χ4v) is 2.31. The summed E-state index contributed by atoms with van der Waals surface area (Å²) in [6, 6.07) is -1.16. The van der Waals surface area contributed by atoms with Gasteiger partial charge in [0.2, 0.25) is 5.91 Å². The fraction of sp³-hybridized carbons (Fsp3) is 0.714. The van der Waals surface area contributed by atoms with Gasteiger partial charge in [0.25, 0.3) is 0 Å². The van der Waals surface area contributed by atoms with Gasteiger partial charge in [-0.15, -0.1) is 0 Å². The highest BCUT2D eigenvalue weighted by Crippen LogP contribution is 2.26. The third-order valence-electron chi connectivity index (χ3n) is 3.09. The van der Waals surface area contributed by atoms with Crippen molar-refractivity contribution in [3.05, 3.63) is 0 Å². The van der Waals surface area contributed by atoms with Gasteiger partial charge in [0.1, 0.15) is 18.8 Å². The van der Waals surface area contributed by atoms with Crippen LogP contribution in [0.2, 0.25) is 0 Å². The van der Waals surface area contributed by atoms with Crippen molar-refractivity contribution in [3.8, 4) is 0 Å². The highest BCUT2D eigenvalue weighted by Gasteiger charge is 2.50. The van der Waals surface area contributed by atoms with Crippen LogP contribution in [0.25, 0.3) is 0 Å². The molecular formula is C14H21NO9. The van der Waals surface area contributed by atoms with E-state index in [9.17, 15) is 24.3 Å². The lowest BCUT2D eigenvalue weighted by atomic mass is 9.96. The number of aliphatic hydroxyl groups is 1. The standard InChI is InChI=1S/C14H21NO9/c1-6(16)15-11-13(23-9(4)19)12(22-8(3)18)10(24-14(11)20)5-21-7(2)17/h10-14,20H,5H2,1-4H3,(H,15,16)/t10?,11-,12-,13-,14+/m0/s1. The molecule has 0 aromatic heterocycles. The summed E-state index contributed by atoms with van der Waals surface area (Å²) in [6.45, 7) is 4.28. The van der Waals surface area contributed by atoms with E-state index in [4.69, 9.17) is 18.9 Å². The van der Waals surface area contributed by atoms with Crippen molar-refractivity contribution in [2.24, 2.45) is 0 Å². The Hall–Kier alpha value is -2.20. The summed E-state index contributed by atoms with van der Waals surface area (Å²) in [4.78, 5) is 45.0. The van der Waals surface area contributed by atoms with Gasteiger partial charge in [-0.2, -0.15) is 0 Å². The van der Waals surface area contributed by atoms with E-state index in [1.807, 2.05) is 0 Å². The first-order valence-corrected chi connectivity index (χ1v) is 7.20. The first-order valence-electron chi connectivity index (χ1n) is 7.20. The number of nitrogens with one attached hydrogen (secondary N) is 1. The summed E-state index contributed by atoms with van der Waals surface area (Å²) in [7, 11) is 0. The van der Waals surface area contributed by atoms with Gasteiger partial charge in [-0.1, -0.05) is 0 Å². The van der Waals surface area contributed by atoms with Crippen LogP contribution >= 0.6 is 0 Å². The molecular weight excluding hydrogens is 326 g/mol. The van der Waals surface area contributed by atoms with E-state index in [0.717, 1.165) is 13.8 Å². The van der Waals surface area contributed by atoms with Crippen LogP contribution in [-0.2, 0) is 38.1 Å². The molecule has 0 spiro atoms. The van der Waals surface area contributed by atoms with E-state index in [2.05, 4.69) is 5.32 Å². The van der Waals surface area contributed by atoms with Crippen LogP contribution in [0, 0.1) is 0 Å². The van der Waals surface area contributed by atoms with Crippen LogP contribution in [0.15, 0.2) is 0 Å². The summed E-state index contributed by atoms with van der Waals surface area (Å²) in [6.07, 6.45) is -5.06. The largest absolute Gasteiger partial charge is 0.463 e. The molecule has 0 aromatic rings. The minimum atomic E-state index is -1.56. The molecule has 10 heteroatoms. The molecule has 136 valence electrons. The van der Waals surface area contributed by atoms with Crippen molar-refractivity contribution >= 4 is 23.8 Å². The predicted molar refractivity (Wildman–Crippen MR) is 76.2 cm³/mol. The Balaban J connectivity index is 3.11. The van der Waals surface area contributed by atoms with Gasteiger partial charge in [-0.05, 0) is 0 Å². The van der Waals surface area contributed by atoms with Crippen molar-refractivity contribution in [2.75, 3.05) is 6.61 Å². The minimum absolute atomic E-state index is 0.338. The first kappa shape index (κ1) is 19.8. The fourth-order valence-electron chi connectivity index (χ4n) is 2.31. The summed E-state index contributed by atoms with van der Waals surface area (Å²) in [5, 5.41) is 12.5. The Morgan fingerprint density at radius 3 is 1.96 bits per heavy atom. The van der Waals surface area contributed by atoms with E-state index in [1.165, 1.54) is 13.8 Å². The SMILES string of the molecule is CC(=O)N[C@H]1[C@H](OC(C)=O)[C@@H](OC(C)=O)C(COC(C)=O)O[C@H]1O. The second-order valence-corrected chi connectivity index (χ2v) is 5.24. The number of carbonyl (C=O) groups is 4.